The molecule has 148 valence electrons. The Morgan fingerprint density at radius 2 is 2.00 bits per heavy atom. The second-order valence-electron chi connectivity index (χ2n) is 7.11. The average molecular weight is 407 g/mol. The molecule has 1 aliphatic rings. The van der Waals surface area contributed by atoms with Gasteiger partial charge in [0.25, 0.3) is 5.56 Å². The number of nitrogens with two attached hydrogens (primary N) is 1. The van der Waals surface area contributed by atoms with Crippen LogP contribution in [0.4, 0.5) is 4.39 Å². The molecule has 1 aromatic carbocycles. The maximum atomic E-state index is 13.8. The van der Waals surface area contributed by atoms with Gasteiger partial charge in [-0.2, -0.15) is 5.10 Å². The summed E-state index contributed by atoms with van der Waals surface area (Å²) < 4.78 is 41.0. The number of benzene rings is 1. The number of aryl methyl sites for hydroxylation is 1. The summed E-state index contributed by atoms with van der Waals surface area (Å²) in [5, 5.41) is 9.19. The zero-order chi connectivity index (χ0) is 20.3. The molecule has 0 spiro atoms. The van der Waals surface area contributed by atoms with Crippen LogP contribution in [0.25, 0.3) is 10.9 Å². The fourth-order valence-electron chi connectivity index (χ4n) is 3.41. The molecular weight excluding hydrogens is 389 g/mol. The minimum atomic E-state index is -4.05. The zero-order valence-electron chi connectivity index (χ0n) is 15.0. The molecule has 0 atom stereocenters. The SMILES string of the molecule is Cn1cc(Cn2c(=O)c3cc(S(N)(=O)=O)ccc3n(C3(CF)CC3)c2=O)cn1. The number of fused-ring (bicyclic) bond motifs is 1. The zero-order valence-corrected chi connectivity index (χ0v) is 15.8. The molecule has 2 N–H and O–H groups in total. The van der Waals surface area contributed by atoms with Crippen LogP contribution in [0, 0.1) is 0 Å². The summed E-state index contributed by atoms with van der Waals surface area (Å²) >= 11 is 0. The Kier molecular flexibility index (Phi) is 4.05. The summed E-state index contributed by atoms with van der Waals surface area (Å²) in [4.78, 5) is 25.9. The molecule has 0 saturated heterocycles. The monoisotopic (exact) mass is 407 g/mol. The minimum Gasteiger partial charge on any atom is -0.284 e. The van der Waals surface area contributed by atoms with E-state index in [-0.39, 0.29) is 22.3 Å². The fourth-order valence-corrected chi connectivity index (χ4v) is 3.95. The van der Waals surface area contributed by atoms with Crippen LogP contribution >= 0.6 is 0 Å². The molecule has 0 aliphatic heterocycles. The van der Waals surface area contributed by atoms with Crippen LogP contribution in [-0.2, 0) is 29.2 Å². The Morgan fingerprint density at radius 3 is 2.54 bits per heavy atom. The van der Waals surface area contributed by atoms with Crippen molar-refractivity contribution in [3.8, 4) is 0 Å². The van der Waals surface area contributed by atoms with Gasteiger partial charge in [0, 0.05) is 18.8 Å². The summed E-state index contributed by atoms with van der Waals surface area (Å²) in [5.74, 6) is 0. The molecule has 1 fully saturated rings. The average Bonchev–Trinajstić information content (AvgIpc) is 3.32. The van der Waals surface area contributed by atoms with E-state index in [9.17, 15) is 22.4 Å². The molecule has 4 rings (SSSR count). The van der Waals surface area contributed by atoms with Crippen LogP contribution in [0.15, 0.2) is 45.1 Å². The van der Waals surface area contributed by atoms with Crippen molar-refractivity contribution in [2.24, 2.45) is 12.2 Å². The Bertz CT molecular complexity index is 1320. The van der Waals surface area contributed by atoms with Crippen molar-refractivity contribution >= 4 is 20.9 Å². The maximum absolute atomic E-state index is 13.8. The maximum Gasteiger partial charge on any atom is 0.332 e. The third-order valence-corrected chi connectivity index (χ3v) is 6.00. The normalized spacial score (nSPS) is 15.8. The number of nitrogens with zero attached hydrogens (tertiary/aromatic N) is 4. The first-order chi connectivity index (χ1) is 13.2. The van der Waals surface area contributed by atoms with E-state index in [4.69, 9.17) is 5.14 Å². The molecular formula is C17H18FN5O4S. The first kappa shape index (κ1) is 18.6. The summed E-state index contributed by atoms with van der Waals surface area (Å²) in [6, 6.07) is 3.69. The molecule has 11 heteroatoms. The van der Waals surface area contributed by atoms with E-state index in [1.54, 1.807) is 13.2 Å². The minimum absolute atomic E-state index is 0.00487. The van der Waals surface area contributed by atoms with Gasteiger partial charge in [0.15, 0.2) is 0 Å². The number of primary sulfonamides is 1. The molecule has 0 radical (unpaired) electrons. The molecule has 0 unspecified atom stereocenters. The van der Waals surface area contributed by atoms with Crippen molar-refractivity contribution in [1.82, 2.24) is 18.9 Å². The van der Waals surface area contributed by atoms with Crippen LogP contribution in [0.5, 0.6) is 0 Å². The Hall–Kier alpha value is -2.79. The van der Waals surface area contributed by atoms with E-state index < -0.39 is 33.5 Å². The highest BCUT2D eigenvalue weighted by Gasteiger charge is 2.47. The van der Waals surface area contributed by atoms with Gasteiger partial charge in [-0.25, -0.2) is 22.7 Å². The number of aromatic nitrogens is 4. The molecule has 2 aromatic heterocycles. The van der Waals surface area contributed by atoms with Crippen molar-refractivity contribution in [3.63, 3.8) is 0 Å². The van der Waals surface area contributed by atoms with Crippen molar-refractivity contribution in [2.75, 3.05) is 6.67 Å². The van der Waals surface area contributed by atoms with Crippen molar-refractivity contribution in [2.45, 2.75) is 29.8 Å². The summed E-state index contributed by atoms with van der Waals surface area (Å²) in [6.07, 6.45) is 4.09. The lowest BCUT2D eigenvalue weighted by atomic mass is 10.2. The van der Waals surface area contributed by atoms with E-state index in [1.165, 1.54) is 27.6 Å². The Morgan fingerprint density at radius 1 is 1.29 bits per heavy atom. The Labute approximate surface area is 158 Å². The van der Waals surface area contributed by atoms with Gasteiger partial charge in [-0.1, -0.05) is 0 Å². The molecule has 1 saturated carbocycles. The molecule has 9 nitrogen and oxygen atoms in total. The highest BCUT2D eigenvalue weighted by molar-refractivity contribution is 7.89. The smallest absolute Gasteiger partial charge is 0.284 e. The lowest BCUT2D eigenvalue weighted by Gasteiger charge is -2.20. The second kappa shape index (κ2) is 6.11. The van der Waals surface area contributed by atoms with Crippen LogP contribution in [-0.4, -0.2) is 34.0 Å². The van der Waals surface area contributed by atoms with E-state index in [0.717, 1.165) is 10.6 Å². The van der Waals surface area contributed by atoms with Crippen LogP contribution in [0.3, 0.4) is 0 Å². The van der Waals surface area contributed by atoms with Crippen LogP contribution < -0.4 is 16.4 Å². The number of hydrogen-bond acceptors (Lipinski definition) is 5. The predicted octanol–water partition coefficient (Wildman–Crippen LogP) is 0.0510. The Balaban J connectivity index is 2.06. The lowest BCUT2D eigenvalue weighted by Crippen LogP contribution is -2.44. The van der Waals surface area contributed by atoms with Crippen molar-refractivity contribution < 1.29 is 12.8 Å². The van der Waals surface area contributed by atoms with E-state index in [0.29, 0.717) is 18.4 Å². The van der Waals surface area contributed by atoms with Gasteiger partial charge in [-0.3, -0.25) is 18.6 Å². The molecule has 0 bridgehead atoms. The van der Waals surface area contributed by atoms with Crippen molar-refractivity contribution in [3.05, 3.63) is 57.0 Å². The molecule has 2 heterocycles. The largest absolute Gasteiger partial charge is 0.332 e. The first-order valence-electron chi connectivity index (χ1n) is 8.53. The summed E-state index contributed by atoms with van der Waals surface area (Å²) in [6.45, 7) is -0.826. The quantitative estimate of drug-likeness (QED) is 0.640. The number of halogens is 1. The van der Waals surface area contributed by atoms with Crippen molar-refractivity contribution in [1.29, 1.82) is 0 Å². The number of sulfonamides is 1. The lowest BCUT2D eigenvalue weighted by molar-refractivity contribution is 0.329. The predicted molar refractivity (Wildman–Crippen MR) is 99.3 cm³/mol. The standard InChI is InChI=1S/C17H18FN5O4S/c1-21-8-11(7-20-21)9-22-15(24)13-6-12(28(19,26)27)2-3-14(13)23(16(22)25)17(10-18)4-5-17/h2-3,6-8H,4-5,9-10H2,1H3,(H2,19,26,27). The van der Waals surface area contributed by atoms with Gasteiger partial charge >= 0.3 is 5.69 Å². The summed E-state index contributed by atoms with van der Waals surface area (Å²) in [7, 11) is -2.35. The van der Waals surface area contributed by atoms with Gasteiger partial charge in [0.1, 0.15) is 6.67 Å². The van der Waals surface area contributed by atoms with E-state index in [1.807, 2.05) is 0 Å². The number of hydrogen-bond donors (Lipinski definition) is 1. The second-order valence-corrected chi connectivity index (χ2v) is 8.67. The molecule has 1 aliphatic carbocycles. The fraction of sp³-hybridized carbons (Fsp3) is 0.353. The van der Waals surface area contributed by atoms with E-state index >= 15 is 0 Å². The van der Waals surface area contributed by atoms with Gasteiger partial charge in [0.2, 0.25) is 10.0 Å². The van der Waals surface area contributed by atoms with Gasteiger partial charge in [-0.05, 0) is 31.0 Å². The van der Waals surface area contributed by atoms with E-state index in [2.05, 4.69) is 5.10 Å². The molecule has 28 heavy (non-hydrogen) atoms. The van der Waals surface area contributed by atoms with Crippen LogP contribution in [0.1, 0.15) is 18.4 Å². The van der Waals surface area contributed by atoms with Gasteiger partial charge < -0.3 is 0 Å². The molecule has 0 amide bonds. The third-order valence-electron chi connectivity index (χ3n) is 5.08. The number of rotatable bonds is 5. The third kappa shape index (κ3) is 2.87. The molecule has 3 aromatic rings. The van der Waals surface area contributed by atoms with Crippen LogP contribution in [0.2, 0.25) is 0 Å². The first-order valence-corrected chi connectivity index (χ1v) is 10.1. The summed E-state index contributed by atoms with van der Waals surface area (Å²) in [5.41, 5.74) is -1.51. The van der Waals surface area contributed by atoms with Gasteiger partial charge in [0.05, 0.1) is 34.1 Å². The number of alkyl halides is 1. The highest BCUT2D eigenvalue weighted by Crippen LogP contribution is 2.44. The van der Waals surface area contributed by atoms with Gasteiger partial charge in [-0.15, -0.1) is 0 Å². The highest BCUT2D eigenvalue weighted by atomic mass is 32.2. The topological polar surface area (TPSA) is 122 Å².